The molecule has 5 nitrogen and oxygen atoms in total. The third kappa shape index (κ3) is 4.48. The molecule has 0 fully saturated rings. The normalized spacial score (nSPS) is 11.8. The van der Waals surface area contributed by atoms with Gasteiger partial charge in [0.15, 0.2) is 10.3 Å². The lowest BCUT2D eigenvalue weighted by molar-refractivity contribution is 0.604. The van der Waals surface area contributed by atoms with Crippen molar-refractivity contribution in [2.24, 2.45) is 7.05 Å². The van der Waals surface area contributed by atoms with Crippen LogP contribution in [0.25, 0.3) is 5.70 Å². The van der Waals surface area contributed by atoms with Crippen molar-refractivity contribution in [3.8, 4) is 0 Å². The van der Waals surface area contributed by atoms with Gasteiger partial charge in [0, 0.05) is 32.2 Å². The van der Waals surface area contributed by atoms with Crippen molar-refractivity contribution in [1.82, 2.24) is 24.4 Å². The van der Waals surface area contributed by atoms with Gasteiger partial charge >= 0.3 is 0 Å². The van der Waals surface area contributed by atoms with Crippen LogP contribution >= 0.6 is 11.8 Å². The number of hydrogen-bond acceptors (Lipinski definition) is 5. The van der Waals surface area contributed by atoms with E-state index in [0.717, 1.165) is 27.8 Å². The lowest BCUT2D eigenvalue weighted by Crippen LogP contribution is -2.16. The first kappa shape index (κ1) is 18.7. The van der Waals surface area contributed by atoms with Gasteiger partial charge in [-0.2, -0.15) is 0 Å². The summed E-state index contributed by atoms with van der Waals surface area (Å²) < 4.78 is 2.00. The smallest absolute Gasteiger partial charge is 0.195 e. The Kier molecular flexibility index (Phi) is 6.36. The van der Waals surface area contributed by atoms with E-state index in [2.05, 4.69) is 28.1 Å². The molecule has 0 aromatic carbocycles. The van der Waals surface area contributed by atoms with Crippen molar-refractivity contribution in [1.29, 1.82) is 0 Å². The molecule has 0 aliphatic rings. The van der Waals surface area contributed by atoms with Crippen LogP contribution in [0.1, 0.15) is 18.2 Å². The van der Waals surface area contributed by atoms with Crippen molar-refractivity contribution < 1.29 is 0 Å². The number of aryl methyl sites for hydroxylation is 1. The highest BCUT2D eigenvalue weighted by Gasteiger charge is 2.15. The van der Waals surface area contributed by atoms with E-state index in [1.54, 1.807) is 18.5 Å². The predicted octanol–water partition coefficient (Wildman–Crippen LogP) is 4.22. The Morgan fingerprint density at radius 2 is 1.92 bits per heavy atom. The van der Waals surface area contributed by atoms with Crippen LogP contribution < -0.4 is 0 Å². The fourth-order valence-corrected chi connectivity index (χ4v) is 2.88. The molecule has 0 aliphatic heterocycles. The van der Waals surface area contributed by atoms with Gasteiger partial charge in [0.25, 0.3) is 0 Å². The van der Waals surface area contributed by atoms with Gasteiger partial charge in [-0.05, 0) is 37.2 Å². The molecular weight excluding hydrogens is 330 g/mol. The van der Waals surface area contributed by atoms with E-state index < -0.39 is 0 Å². The summed E-state index contributed by atoms with van der Waals surface area (Å²) in [6.07, 6.45) is 13.1. The quantitative estimate of drug-likeness (QED) is 0.551. The van der Waals surface area contributed by atoms with Crippen LogP contribution in [0, 0.1) is 6.92 Å². The van der Waals surface area contributed by atoms with Gasteiger partial charge in [0.2, 0.25) is 0 Å². The zero-order chi connectivity index (χ0) is 18.4. The van der Waals surface area contributed by atoms with Crippen molar-refractivity contribution in [3.63, 3.8) is 0 Å². The van der Waals surface area contributed by atoms with Crippen LogP contribution in [0.5, 0.6) is 0 Å². The average molecular weight is 353 g/mol. The Balaban J connectivity index is 2.21. The molecule has 0 unspecified atom stereocenters. The van der Waals surface area contributed by atoms with Crippen LogP contribution in [0.15, 0.2) is 72.1 Å². The molecule has 0 atom stereocenters. The number of nitrogens with zero attached hydrogens (tertiary/aromatic N) is 5. The maximum absolute atomic E-state index is 4.49. The molecule has 2 aromatic rings. The Morgan fingerprint density at radius 1 is 1.24 bits per heavy atom. The summed E-state index contributed by atoms with van der Waals surface area (Å²) in [5.41, 5.74) is 3.85. The van der Waals surface area contributed by atoms with E-state index >= 15 is 0 Å². The molecule has 25 heavy (non-hydrogen) atoms. The summed E-state index contributed by atoms with van der Waals surface area (Å²) in [6, 6.07) is 0. The molecule has 0 saturated heterocycles. The highest BCUT2D eigenvalue weighted by molar-refractivity contribution is 7.99. The maximum atomic E-state index is 4.49. The molecule has 0 radical (unpaired) electrons. The summed E-state index contributed by atoms with van der Waals surface area (Å²) >= 11 is 1.43. The highest BCUT2D eigenvalue weighted by Crippen LogP contribution is 2.27. The molecule has 2 heterocycles. The maximum Gasteiger partial charge on any atom is 0.195 e. The zero-order valence-electron chi connectivity index (χ0n) is 15.1. The van der Waals surface area contributed by atoms with Crippen LogP contribution in [-0.2, 0) is 7.05 Å². The van der Waals surface area contributed by atoms with Gasteiger partial charge in [-0.15, -0.1) is 0 Å². The average Bonchev–Trinajstić information content (AvgIpc) is 2.97. The van der Waals surface area contributed by atoms with Gasteiger partial charge < -0.3 is 9.47 Å². The van der Waals surface area contributed by atoms with Crippen molar-refractivity contribution >= 4 is 17.5 Å². The summed E-state index contributed by atoms with van der Waals surface area (Å²) in [6.45, 7) is 11.9. The molecule has 2 aromatic heterocycles. The number of imidazole rings is 1. The van der Waals surface area contributed by atoms with Crippen LogP contribution in [0.4, 0.5) is 0 Å². The van der Waals surface area contributed by atoms with Crippen LogP contribution in [0.3, 0.4) is 0 Å². The van der Waals surface area contributed by atoms with E-state index in [4.69, 9.17) is 0 Å². The van der Waals surface area contributed by atoms with Gasteiger partial charge in [-0.3, -0.25) is 0 Å². The molecule has 0 aliphatic carbocycles. The Labute approximate surface area is 153 Å². The van der Waals surface area contributed by atoms with E-state index in [1.165, 1.54) is 11.8 Å². The van der Waals surface area contributed by atoms with E-state index in [9.17, 15) is 0 Å². The van der Waals surface area contributed by atoms with Crippen molar-refractivity contribution in [2.75, 3.05) is 7.05 Å². The molecule has 0 N–H and O–H groups in total. The van der Waals surface area contributed by atoms with Crippen molar-refractivity contribution in [3.05, 3.63) is 73.0 Å². The van der Waals surface area contributed by atoms with Gasteiger partial charge in [-0.1, -0.05) is 31.4 Å². The molecule has 130 valence electrons. The largest absolute Gasteiger partial charge is 0.344 e. The lowest BCUT2D eigenvalue weighted by Gasteiger charge is -2.23. The fourth-order valence-electron chi connectivity index (χ4n) is 2.17. The minimum Gasteiger partial charge on any atom is -0.344 e. The summed E-state index contributed by atoms with van der Waals surface area (Å²) in [7, 11) is 3.95. The third-order valence-corrected chi connectivity index (χ3v) is 4.63. The molecule has 0 saturated carbocycles. The number of rotatable bonds is 7. The monoisotopic (exact) mass is 353 g/mol. The Morgan fingerprint density at radius 3 is 2.52 bits per heavy atom. The molecular formula is C19H23N5S. The standard InChI is InChI=1S/C19H23N5S/c1-7-9-10-16(8-2)23(5)15(4)17-13-22-19(24(17)6)25-18-20-11-14(3)12-21-18/h7-13H,1,4H2,2-3,5-6H3/b10-9-,16-8+. The van der Waals surface area contributed by atoms with E-state index in [1.807, 2.05) is 61.8 Å². The first-order valence-electron chi connectivity index (χ1n) is 7.84. The Bertz CT molecular complexity index is 815. The second-order valence-electron chi connectivity index (χ2n) is 5.44. The molecule has 6 heteroatoms. The topological polar surface area (TPSA) is 46.8 Å². The molecule has 0 bridgehead atoms. The molecule has 0 amide bonds. The highest BCUT2D eigenvalue weighted by atomic mass is 32.2. The summed E-state index contributed by atoms with van der Waals surface area (Å²) in [5, 5.41) is 1.49. The Hall–Kier alpha value is -2.60. The minimum atomic E-state index is 0.674. The number of allylic oxidation sites excluding steroid dienone is 4. The minimum absolute atomic E-state index is 0.674. The van der Waals surface area contributed by atoms with E-state index in [-0.39, 0.29) is 0 Å². The fraction of sp³-hybridized carbons (Fsp3) is 0.211. The van der Waals surface area contributed by atoms with Crippen LogP contribution in [0.2, 0.25) is 0 Å². The first-order valence-corrected chi connectivity index (χ1v) is 8.66. The summed E-state index contributed by atoms with van der Waals surface area (Å²) in [5.74, 6) is 0. The SMILES string of the molecule is C=C/C=C\C(=C/C)N(C)C(=C)c1cnc(Sc2ncc(C)cn2)n1C. The van der Waals surface area contributed by atoms with E-state index in [0.29, 0.717) is 5.16 Å². The second kappa shape index (κ2) is 8.48. The van der Waals surface area contributed by atoms with Gasteiger partial charge in [0.1, 0.15) is 0 Å². The second-order valence-corrected chi connectivity index (χ2v) is 6.38. The molecule has 0 spiro atoms. The van der Waals surface area contributed by atoms with Crippen molar-refractivity contribution in [2.45, 2.75) is 24.2 Å². The number of aromatic nitrogens is 4. The van der Waals surface area contributed by atoms with Crippen LogP contribution in [-0.4, -0.2) is 31.5 Å². The van der Waals surface area contributed by atoms with Gasteiger partial charge in [0.05, 0.1) is 17.6 Å². The van der Waals surface area contributed by atoms with Gasteiger partial charge in [-0.25, -0.2) is 15.0 Å². The number of hydrogen-bond donors (Lipinski definition) is 0. The lowest BCUT2D eigenvalue weighted by atomic mass is 10.2. The zero-order valence-corrected chi connectivity index (χ0v) is 15.9. The third-order valence-electron chi connectivity index (χ3n) is 3.67. The molecule has 2 rings (SSSR count). The first-order chi connectivity index (χ1) is 12.0. The predicted molar refractivity (Wildman–Crippen MR) is 104 cm³/mol. The summed E-state index contributed by atoms with van der Waals surface area (Å²) in [4.78, 5) is 15.1. The number of likely N-dealkylation sites (N-methyl/N-ethyl adjacent to an activating group) is 1.